The Balaban J connectivity index is 1.82. The zero-order chi connectivity index (χ0) is 27.3. The van der Waals surface area contributed by atoms with Crippen molar-refractivity contribution < 1.29 is 18.7 Å². The summed E-state index contributed by atoms with van der Waals surface area (Å²) in [5.41, 5.74) is 0.768. The number of hydrogen-bond acceptors (Lipinski definition) is 9. The number of halogens is 1. The van der Waals surface area contributed by atoms with Gasteiger partial charge in [0.05, 0.1) is 17.2 Å². The van der Waals surface area contributed by atoms with E-state index in [1.807, 2.05) is 17.2 Å². The van der Waals surface area contributed by atoms with E-state index in [0.29, 0.717) is 22.6 Å². The lowest BCUT2D eigenvalue weighted by molar-refractivity contribution is 0.0489. The monoisotopic (exact) mass is 527 g/mol. The Kier molecular flexibility index (Phi) is 6.71. The Labute approximate surface area is 218 Å². The van der Waals surface area contributed by atoms with Gasteiger partial charge in [-0.2, -0.15) is 9.78 Å². The van der Waals surface area contributed by atoms with E-state index in [0.717, 1.165) is 5.01 Å². The number of nitrogens with zero attached hydrogens (tertiary/aromatic N) is 6. The van der Waals surface area contributed by atoms with Crippen molar-refractivity contribution in [2.45, 2.75) is 60.2 Å². The van der Waals surface area contributed by atoms with E-state index in [2.05, 4.69) is 26.5 Å². The van der Waals surface area contributed by atoms with E-state index in [-0.39, 0.29) is 42.5 Å². The molecule has 0 aromatic carbocycles. The first-order valence-electron chi connectivity index (χ1n) is 11.9. The van der Waals surface area contributed by atoms with E-state index in [9.17, 15) is 14.9 Å². The van der Waals surface area contributed by atoms with Gasteiger partial charge in [-0.15, -0.1) is 16.4 Å². The summed E-state index contributed by atoms with van der Waals surface area (Å²) in [7, 11) is 0. The number of anilines is 1. The number of aromatic nitrogens is 4. The Bertz CT molecular complexity index is 1430. The predicted molar refractivity (Wildman–Crippen MR) is 138 cm³/mol. The lowest BCUT2D eigenvalue weighted by Gasteiger charge is -2.28. The number of nitrogens with one attached hydrogen (secondary N) is 1. The number of rotatable bonds is 5. The van der Waals surface area contributed by atoms with Gasteiger partial charge in [0.15, 0.2) is 11.4 Å². The van der Waals surface area contributed by atoms with Gasteiger partial charge in [-0.25, -0.2) is 19.2 Å². The van der Waals surface area contributed by atoms with Crippen LogP contribution in [0.25, 0.3) is 16.9 Å². The quantitative estimate of drug-likeness (QED) is 0.489. The molecular weight excluding hydrogens is 497 g/mol. The van der Waals surface area contributed by atoms with E-state index in [4.69, 9.17) is 4.74 Å². The van der Waals surface area contributed by atoms with Crippen LogP contribution in [-0.4, -0.2) is 62.9 Å². The van der Waals surface area contributed by atoms with Crippen molar-refractivity contribution >= 4 is 34.7 Å². The highest BCUT2D eigenvalue weighted by atomic mass is 32.1. The number of amides is 1. The number of aryl methyl sites for hydroxylation is 1. The standard InChI is InChI=1S/C25H30FN7O3S/c1-13-16(8-27)21-30-20(14(2)34)31-33(21)22(19(13)17-10-37-15(3)29-17)32-9-18(26)25(7,12-32)11-28-23(35)36-24(4,5)6/h10,18H,9,11-12H2,1-7H3,(H,28,35)/t18?,25-/m1/s1. The summed E-state index contributed by atoms with van der Waals surface area (Å²) in [4.78, 5) is 35.2. The van der Waals surface area contributed by atoms with E-state index in [1.165, 1.54) is 22.8 Å². The molecule has 1 unspecified atom stereocenters. The fourth-order valence-corrected chi connectivity index (χ4v) is 5.08. The molecule has 3 aromatic rings. The van der Waals surface area contributed by atoms with Gasteiger partial charge in [0, 0.05) is 36.4 Å². The van der Waals surface area contributed by atoms with Crippen LogP contribution in [0.2, 0.25) is 0 Å². The fraction of sp³-hybridized carbons (Fsp3) is 0.520. The van der Waals surface area contributed by atoms with Gasteiger partial charge >= 0.3 is 6.09 Å². The third kappa shape index (κ3) is 5.00. The number of alkyl carbamates (subject to hydrolysis) is 1. The van der Waals surface area contributed by atoms with Crippen molar-refractivity contribution in [2.75, 3.05) is 24.5 Å². The Morgan fingerprint density at radius 1 is 1.35 bits per heavy atom. The molecule has 12 heteroatoms. The topological polar surface area (TPSA) is 126 Å². The molecule has 0 spiro atoms. The summed E-state index contributed by atoms with van der Waals surface area (Å²) in [6.45, 7) is 12.4. The van der Waals surface area contributed by atoms with Gasteiger partial charge in [-0.1, -0.05) is 6.92 Å². The molecule has 0 saturated carbocycles. The average Bonchev–Trinajstić information content (AvgIpc) is 3.48. The molecule has 0 bridgehead atoms. The number of Topliss-reactive ketones (excluding diaryl/α,β-unsaturated/α-hetero) is 1. The summed E-state index contributed by atoms with van der Waals surface area (Å²) >= 11 is 1.46. The maximum atomic E-state index is 15.6. The summed E-state index contributed by atoms with van der Waals surface area (Å²) < 4.78 is 22.4. The van der Waals surface area contributed by atoms with E-state index >= 15 is 4.39 Å². The molecular formula is C25H30FN7O3S. The Morgan fingerprint density at radius 3 is 2.62 bits per heavy atom. The number of ketones is 1. The number of carbonyl (C=O) groups excluding carboxylic acids is 2. The first kappa shape index (κ1) is 26.5. The van der Waals surface area contributed by atoms with E-state index in [1.54, 1.807) is 34.6 Å². The summed E-state index contributed by atoms with van der Waals surface area (Å²) in [6, 6.07) is 2.19. The number of carbonyl (C=O) groups is 2. The zero-order valence-corrected chi connectivity index (χ0v) is 22.8. The van der Waals surface area contributed by atoms with Crippen LogP contribution in [-0.2, 0) is 4.74 Å². The molecule has 1 amide bonds. The molecule has 1 N–H and O–H groups in total. The molecule has 1 saturated heterocycles. The third-order valence-electron chi connectivity index (χ3n) is 6.33. The van der Waals surface area contributed by atoms with Crippen LogP contribution < -0.4 is 10.2 Å². The highest BCUT2D eigenvalue weighted by Gasteiger charge is 2.46. The molecule has 196 valence electrons. The molecule has 4 rings (SSSR count). The van der Waals surface area contributed by atoms with Crippen LogP contribution in [0.5, 0.6) is 0 Å². The summed E-state index contributed by atoms with van der Waals surface area (Å²) in [6.07, 6.45) is -1.91. The van der Waals surface area contributed by atoms with Gasteiger partial charge in [-0.05, 0) is 40.2 Å². The van der Waals surface area contributed by atoms with E-state index < -0.39 is 23.3 Å². The number of ether oxygens (including phenoxy) is 1. The molecule has 0 aliphatic carbocycles. The zero-order valence-electron chi connectivity index (χ0n) is 22.0. The third-order valence-corrected chi connectivity index (χ3v) is 7.10. The number of fused-ring (bicyclic) bond motifs is 1. The molecule has 37 heavy (non-hydrogen) atoms. The first-order valence-corrected chi connectivity index (χ1v) is 12.7. The Hall–Kier alpha value is -3.59. The maximum absolute atomic E-state index is 15.6. The highest BCUT2D eigenvalue weighted by molar-refractivity contribution is 7.09. The minimum absolute atomic E-state index is 0.0122. The lowest BCUT2D eigenvalue weighted by atomic mass is 9.88. The first-order chi connectivity index (χ1) is 17.2. The van der Waals surface area contributed by atoms with Crippen LogP contribution in [0.4, 0.5) is 15.0 Å². The van der Waals surface area contributed by atoms with Crippen LogP contribution in [0.15, 0.2) is 5.38 Å². The summed E-state index contributed by atoms with van der Waals surface area (Å²) in [5.74, 6) is 0.119. The minimum atomic E-state index is -1.30. The molecule has 0 radical (unpaired) electrons. The maximum Gasteiger partial charge on any atom is 0.407 e. The van der Waals surface area contributed by atoms with Crippen LogP contribution in [0.1, 0.15) is 61.4 Å². The van der Waals surface area contributed by atoms with Crippen molar-refractivity contribution in [1.82, 2.24) is 24.9 Å². The normalized spacial score (nSPS) is 19.8. The van der Waals surface area contributed by atoms with Crippen molar-refractivity contribution in [3.63, 3.8) is 0 Å². The number of pyridine rings is 1. The number of hydrogen-bond donors (Lipinski definition) is 1. The van der Waals surface area contributed by atoms with Crippen molar-refractivity contribution in [1.29, 1.82) is 5.26 Å². The molecule has 1 fully saturated rings. The van der Waals surface area contributed by atoms with Crippen molar-refractivity contribution in [2.24, 2.45) is 5.41 Å². The molecule has 2 atom stereocenters. The van der Waals surface area contributed by atoms with Crippen molar-refractivity contribution in [3.05, 3.63) is 27.3 Å². The fourth-order valence-electron chi connectivity index (χ4n) is 4.48. The van der Waals surface area contributed by atoms with Crippen molar-refractivity contribution in [3.8, 4) is 17.3 Å². The van der Waals surface area contributed by atoms with Gasteiger partial charge in [0.25, 0.3) is 0 Å². The molecule has 3 aromatic heterocycles. The van der Waals surface area contributed by atoms with Crippen LogP contribution >= 0.6 is 11.3 Å². The largest absolute Gasteiger partial charge is 0.444 e. The average molecular weight is 528 g/mol. The number of nitriles is 1. The second-order valence-corrected chi connectivity index (χ2v) is 11.7. The number of thiazole rings is 1. The highest BCUT2D eigenvalue weighted by Crippen LogP contribution is 2.42. The Morgan fingerprint density at radius 2 is 2.05 bits per heavy atom. The molecule has 4 heterocycles. The van der Waals surface area contributed by atoms with Gasteiger partial charge in [0.2, 0.25) is 5.82 Å². The summed E-state index contributed by atoms with van der Waals surface area (Å²) in [5, 5.41) is 19.8. The smallest absolute Gasteiger partial charge is 0.407 e. The lowest BCUT2D eigenvalue weighted by Crippen LogP contribution is -2.43. The molecule has 1 aliphatic rings. The number of alkyl halides is 1. The molecule has 10 nitrogen and oxygen atoms in total. The predicted octanol–water partition coefficient (Wildman–Crippen LogP) is 4.23. The molecule has 1 aliphatic heterocycles. The second kappa shape index (κ2) is 9.37. The van der Waals surface area contributed by atoms with Gasteiger partial charge in [-0.3, -0.25) is 4.79 Å². The van der Waals surface area contributed by atoms with Crippen LogP contribution in [0.3, 0.4) is 0 Å². The minimum Gasteiger partial charge on any atom is -0.444 e. The van der Waals surface area contributed by atoms with Gasteiger partial charge < -0.3 is 15.0 Å². The van der Waals surface area contributed by atoms with Gasteiger partial charge in [0.1, 0.15) is 29.2 Å². The second-order valence-electron chi connectivity index (χ2n) is 10.6. The van der Waals surface area contributed by atoms with Crippen LogP contribution in [0, 0.1) is 30.6 Å². The SMILES string of the molecule is CC(=O)c1nc2c(C#N)c(C)c(-c3csc(C)n3)c(N3CC(F)[C@](C)(CNC(=O)OC(C)(C)C)C3)n2n1.